The van der Waals surface area contributed by atoms with E-state index in [1.165, 1.54) is 6.07 Å². The van der Waals surface area contributed by atoms with Crippen molar-refractivity contribution in [2.45, 2.75) is 59.2 Å². The Hall–Kier alpha value is -2.39. The molecule has 0 radical (unpaired) electrons. The molecule has 0 unspecified atom stereocenters. The molecule has 0 fully saturated rings. The van der Waals surface area contributed by atoms with Gasteiger partial charge in [0.2, 0.25) is 5.09 Å². The highest BCUT2D eigenvalue weighted by atomic mass is 32.2. The van der Waals surface area contributed by atoms with E-state index in [4.69, 9.17) is 4.42 Å². The molecule has 3 heterocycles. The molecule has 0 saturated carbocycles. The number of rotatable bonds is 6. The molecular formula is C18H25N5O3S. The summed E-state index contributed by atoms with van der Waals surface area (Å²) in [6, 6.07) is 2.63. The van der Waals surface area contributed by atoms with Crippen LogP contribution in [0.25, 0.3) is 11.5 Å². The quantitative estimate of drug-likeness (QED) is 0.671. The average molecular weight is 391 g/mol. The summed E-state index contributed by atoms with van der Waals surface area (Å²) in [5.74, 6) is 0.413. The summed E-state index contributed by atoms with van der Waals surface area (Å²) in [6.45, 7) is 12.2. The topological polar surface area (TPSA) is 106 Å². The van der Waals surface area contributed by atoms with E-state index in [9.17, 15) is 8.42 Å². The molecule has 0 aliphatic rings. The summed E-state index contributed by atoms with van der Waals surface area (Å²) in [5, 5.41) is 11.4. The van der Waals surface area contributed by atoms with Crippen molar-refractivity contribution in [3.8, 4) is 11.5 Å². The molecule has 2 N–H and O–H groups in total. The molecule has 0 aliphatic carbocycles. The monoisotopic (exact) mass is 391 g/mol. The molecule has 146 valence electrons. The first-order valence-electron chi connectivity index (χ1n) is 8.83. The second kappa shape index (κ2) is 6.97. The van der Waals surface area contributed by atoms with Crippen molar-refractivity contribution in [3.05, 3.63) is 40.3 Å². The van der Waals surface area contributed by atoms with Crippen LogP contribution in [0.3, 0.4) is 0 Å². The number of aromatic amines is 1. The zero-order chi connectivity index (χ0) is 19.9. The molecule has 0 aromatic carbocycles. The summed E-state index contributed by atoms with van der Waals surface area (Å²) < 4.78 is 35.7. The van der Waals surface area contributed by atoms with Crippen molar-refractivity contribution in [2.75, 3.05) is 0 Å². The number of aryl methyl sites for hydroxylation is 3. The van der Waals surface area contributed by atoms with E-state index < -0.39 is 16.1 Å². The minimum atomic E-state index is -3.82. The van der Waals surface area contributed by atoms with Crippen LogP contribution in [0.5, 0.6) is 0 Å². The van der Waals surface area contributed by atoms with E-state index in [0.717, 1.165) is 34.8 Å². The number of H-pyrrole nitrogens is 1. The number of furan rings is 1. The van der Waals surface area contributed by atoms with Crippen LogP contribution < -0.4 is 4.72 Å². The maximum absolute atomic E-state index is 12.8. The highest BCUT2D eigenvalue weighted by Gasteiger charge is 2.26. The number of aromatic nitrogens is 4. The van der Waals surface area contributed by atoms with Crippen molar-refractivity contribution >= 4 is 10.0 Å². The second-order valence-electron chi connectivity index (χ2n) is 6.68. The Morgan fingerprint density at radius 1 is 1.26 bits per heavy atom. The Labute approximate surface area is 159 Å². The Kier molecular flexibility index (Phi) is 5.00. The van der Waals surface area contributed by atoms with E-state index in [-0.39, 0.29) is 5.09 Å². The molecule has 0 saturated heterocycles. The Morgan fingerprint density at radius 3 is 2.52 bits per heavy atom. The van der Waals surface area contributed by atoms with Gasteiger partial charge in [0.05, 0.1) is 5.69 Å². The molecule has 0 spiro atoms. The third-order valence-corrected chi connectivity index (χ3v) is 6.25. The normalized spacial score (nSPS) is 13.3. The van der Waals surface area contributed by atoms with Crippen molar-refractivity contribution in [3.63, 3.8) is 0 Å². The predicted octanol–water partition coefficient (Wildman–Crippen LogP) is 3.16. The van der Waals surface area contributed by atoms with Gasteiger partial charge in [0, 0.05) is 35.1 Å². The van der Waals surface area contributed by atoms with Crippen LogP contribution in [-0.2, 0) is 16.6 Å². The van der Waals surface area contributed by atoms with Crippen LogP contribution in [0.4, 0.5) is 0 Å². The molecule has 3 aromatic heterocycles. The molecule has 0 bridgehead atoms. The lowest BCUT2D eigenvalue weighted by atomic mass is 10.1. The van der Waals surface area contributed by atoms with E-state index in [1.54, 1.807) is 13.0 Å². The van der Waals surface area contributed by atoms with Crippen molar-refractivity contribution in [1.82, 2.24) is 24.7 Å². The highest BCUT2D eigenvalue weighted by molar-refractivity contribution is 7.89. The average Bonchev–Trinajstić information content (AvgIpc) is 3.27. The number of nitrogens with one attached hydrogen (secondary N) is 2. The molecule has 0 amide bonds. The van der Waals surface area contributed by atoms with Crippen molar-refractivity contribution in [1.29, 1.82) is 0 Å². The maximum Gasteiger partial charge on any atom is 0.274 e. The van der Waals surface area contributed by atoms with Gasteiger partial charge in [-0.25, -0.2) is 13.1 Å². The maximum atomic E-state index is 12.8. The van der Waals surface area contributed by atoms with Crippen molar-refractivity contribution in [2.24, 2.45) is 0 Å². The van der Waals surface area contributed by atoms with Gasteiger partial charge < -0.3 is 4.42 Å². The van der Waals surface area contributed by atoms with E-state index in [2.05, 4.69) is 20.0 Å². The number of nitrogens with zero attached hydrogens (tertiary/aromatic N) is 3. The molecule has 9 heteroatoms. The lowest BCUT2D eigenvalue weighted by Crippen LogP contribution is -2.27. The van der Waals surface area contributed by atoms with Gasteiger partial charge in [-0.15, -0.1) is 0 Å². The van der Waals surface area contributed by atoms with Gasteiger partial charge in [-0.05, 0) is 53.7 Å². The van der Waals surface area contributed by atoms with Gasteiger partial charge in [-0.1, -0.05) is 0 Å². The fraction of sp³-hybridized carbons (Fsp3) is 0.444. The first kappa shape index (κ1) is 19.4. The zero-order valence-electron chi connectivity index (χ0n) is 16.4. The SMILES string of the molecule is CCn1nc(C)c([C@@H](C)NS(=O)(=O)c2ccc(-c3n[nH]c(C)c3C)o2)c1C. The molecule has 0 aliphatic heterocycles. The van der Waals surface area contributed by atoms with Gasteiger partial charge >= 0.3 is 0 Å². The zero-order valence-corrected chi connectivity index (χ0v) is 17.2. The van der Waals surface area contributed by atoms with Gasteiger partial charge in [-0.3, -0.25) is 9.78 Å². The van der Waals surface area contributed by atoms with E-state index >= 15 is 0 Å². The van der Waals surface area contributed by atoms with E-state index in [0.29, 0.717) is 11.5 Å². The summed E-state index contributed by atoms with van der Waals surface area (Å²) in [5.41, 5.74) is 5.09. The van der Waals surface area contributed by atoms with Crippen molar-refractivity contribution < 1.29 is 12.8 Å². The minimum Gasteiger partial charge on any atom is -0.442 e. The molecule has 1 atom stereocenters. The van der Waals surface area contributed by atoms with Crippen LogP contribution in [0.1, 0.15) is 48.1 Å². The first-order valence-corrected chi connectivity index (χ1v) is 10.3. The van der Waals surface area contributed by atoms with E-state index in [1.807, 2.05) is 39.3 Å². The predicted molar refractivity (Wildman–Crippen MR) is 102 cm³/mol. The van der Waals surface area contributed by atoms with Crippen LogP contribution >= 0.6 is 0 Å². The van der Waals surface area contributed by atoms with Gasteiger partial charge in [0.25, 0.3) is 10.0 Å². The summed E-state index contributed by atoms with van der Waals surface area (Å²) in [4.78, 5) is 0. The van der Waals surface area contributed by atoms with Crippen LogP contribution in [0.15, 0.2) is 21.6 Å². The lowest BCUT2D eigenvalue weighted by molar-refractivity contribution is 0.451. The number of hydrogen-bond acceptors (Lipinski definition) is 5. The minimum absolute atomic E-state index is 0.136. The molecule has 3 aromatic rings. The Balaban J connectivity index is 1.87. The third kappa shape index (κ3) is 3.44. The van der Waals surface area contributed by atoms with Gasteiger partial charge in [-0.2, -0.15) is 10.2 Å². The molecule has 27 heavy (non-hydrogen) atoms. The Bertz CT molecular complexity index is 1070. The third-order valence-electron chi connectivity index (χ3n) is 4.83. The van der Waals surface area contributed by atoms with Gasteiger partial charge in [0.15, 0.2) is 5.76 Å². The summed E-state index contributed by atoms with van der Waals surface area (Å²) >= 11 is 0. The smallest absolute Gasteiger partial charge is 0.274 e. The fourth-order valence-electron chi connectivity index (χ4n) is 3.31. The molecule has 8 nitrogen and oxygen atoms in total. The van der Waals surface area contributed by atoms with Crippen LogP contribution in [-0.4, -0.2) is 28.4 Å². The summed E-state index contributed by atoms with van der Waals surface area (Å²) in [6.07, 6.45) is 0. The number of sulfonamides is 1. The molecule has 3 rings (SSSR count). The first-order chi connectivity index (χ1) is 12.7. The van der Waals surface area contributed by atoms with Crippen LogP contribution in [0.2, 0.25) is 0 Å². The highest BCUT2D eigenvalue weighted by Crippen LogP contribution is 2.28. The lowest BCUT2D eigenvalue weighted by Gasteiger charge is -2.14. The fourth-order valence-corrected chi connectivity index (χ4v) is 4.46. The standard InChI is InChI=1S/C18H25N5O3S/c1-7-23-14(6)17(12(4)21-23)13(5)22-27(24,25)16-9-8-15(26-16)18-10(2)11(3)19-20-18/h8-9,13,22H,7H2,1-6H3,(H,19,20)/t13-/m1/s1. The Morgan fingerprint density at radius 2 is 1.96 bits per heavy atom. The molecular weight excluding hydrogens is 366 g/mol. The van der Waals surface area contributed by atoms with Crippen LogP contribution in [0, 0.1) is 27.7 Å². The second-order valence-corrected chi connectivity index (χ2v) is 8.33. The summed E-state index contributed by atoms with van der Waals surface area (Å²) in [7, 11) is -3.82. The number of hydrogen-bond donors (Lipinski definition) is 2. The van der Waals surface area contributed by atoms with Gasteiger partial charge in [0.1, 0.15) is 5.69 Å². The largest absolute Gasteiger partial charge is 0.442 e.